The molecule has 1 aromatic rings. The normalized spacial score (nSPS) is 21.5. The monoisotopic (exact) mass is 344 g/mol. The first-order valence-electron chi connectivity index (χ1n) is 7.89. The summed E-state index contributed by atoms with van der Waals surface area (Å²) in [6.45, 7) is 4.58. The van der Waals surface area contributed by atoms with E-state index >= 15 is 0 Å². The van der Waals surface area contributed by atoms with Crippen LogP contribution in [0.15, 0.2) is 17.1 Å². The van der Waals surface area contributed by atoms with Gasteiger partial charge in [0.05, 0.1) is 19.1 Å². The second-order valence-electron chi connectivity index (χ2n) is 5.93. The molecule has 1 heterocycles. The van der Waals surface area contributed by atoms with Crippen LogP contribution in [0.1, 0.15) is 30.9 Å². The zero-order valence-electron chi connectivity index (χ0n) is 14.4. The fourth-order valence-electron chi connectivity index (χ4n) is 2.77. The number of alkyl halides is 3. The number of hydrogen-bond acceptors (Lipinski definition) is 3. The zero-order valence-corrected chi connectivity index (χ0v) is 14.4. The lowest BCUT2D eigenvalue weighted by atomic mass is 9.88. The molecule has 0 amide bonds. The minimum atomic E-state index is -4.50. The molecule has 2 rings (SSSR count). The van der Waals surface area contributed by atoms with Gasteiger partial charge in [-0.15, -0.1) is 0 Å². The van der Waals surface area contributed by atoms with Crippen molar-refractivity contribution in [2.45, 2.75) is 38.5 Å². The van der Waals surface area contributed by atoms with Gasteiger partial charge in [-0.05, 0) is 38.3 Å². The molecule has 1 unspecified atom stereocenters. The molecule has 0 saturated carbocycles. The number of rotatable bonds is 5. The van der Waals surface area contributed by atoms with Crippen molar-refractivity contribution < 1.29 is 22.6 Å². The molecule has 1 aliphatic heterocycles. The van der Waals surface area contributed by atoms with Crippen LogP contribution >= 0.6 is 0 Å². The summed E-state index contributed by atoms with van der Waals surface area (Å²) < 4.78 is 51.6. The van der Waals surface area contributed by atoms with Crippen LogP contribution in [0.5, 0.6) is 5.75 Å². The van der Waals surface area contributed by atoms with Crippen molar-refractivity contribution in [3.05, 3.63) is 23.3 Å². The van der Waals surface area contributed by atoms with Gasteiger partial charge in [-0.2, -0.15) is 13.2 Å². The summed E-state index contributed by atoms with van der Waals surface area (Å²) in [6.07, 6.45) is -2.60. The first-order chi connectivity index (χ1) is 11.2. The standard InChI is InChI=1S/C17H23F3N2O2/c1-5-22(3)11-21-14-10-15(23-4)13(9-12(14)2)16(17(18,19)20)7-6-8-24-16/h9-11H,5-8H2,1-4H3. The highest BCUT2D eigenvalue weighted by Gasteiger charge is 2.60. The number of benzene rings is 1. The summed E-state index contributed by atoms with van der Waals surface area (Å²) in [6, 6.07) is 3.02. The molecule has 134 valence electrons. The molecule has 1 aromatic carbocycles. The summed E-state index contributed by atoms with van der Waals surface area (Å²) >= 11 is 0. The van der Waals surface area contributed by atoms with Gasteiger partial charge >= 0.3 is 6.18 Å². The summed E-state index contributed by atoms with van der Waals surface area (Å²) in [5.74, 6) is 0.145. The zero-order chi connectivity index (χ0) is 18.0. The Morgan fingerprint density at radius 3 is 2.62 bits per heavy atom. The van der Waals surface area contributed by atoms with Crippen molar-refractivity contribution >= 4 is 12.0 Å². The second-order valence-corrected chi connectivity index (χ2v) is 5.93. The highest BCUT2D eigenvalue weighted by molar-refractivity contribution is 5.65. The molecule has 7 heteroatoms. The van der Waals surface area contributed by atoms with E-state index in [1.54, 1.807) is 19.3 Å². The van der Waals surface area contributed by atoms with E-state index in [4.69, 9.17) is 9.47 Å². The van der Waals surface area contributed by atoms with E-state index in [2.05, 4.69) is 4.99 Å². The minimum Gasteiger partial charge on any atom is -0.496 e. The Hall–Kier alpha value is -1.76. The molecule has 1 fully saturated rings. The van der Waals surface area contributed by atoms with Crippen molar-refractivity contribution in [1.82, 2.24) is 4.90 Å². The summed E-state index contributed by atoms with van der Waals surface area (Å²) in [5.41, 5.74) is -1.06. The van der Waals surface area contributed by atoms with E-state index in [-0.39, 0.29) is 24.3 Å². The Labute approximate surface area is 140 Å². The first kappa shape index (κ1) is 18.6. The maximum absolute atomic E-state index is 13.7. The van der Waals surface area contributed by atoms with Crippen LogP contribution in [-0.2, 0) is 10.3 Å². The predicted octanol–water partition coefficient (Wildman–Crippen LogP) is 4.18. The Morgan fingerprint density at radius 1 is 1.42 bits per heavy atom. The molecule has 0 radical (unpaired) electrons. The molecular weight excluding hydrogens is 321 g/mol. The van der Waals surface area contributed by atoms with Gasteiger partial charge in [0.25, 0.3) is 0 Å². The van der Waals surface area contributed by atoms with Crippen molar-refractivity contribution in [3.63, 3.8) is 0 Å². The maximum Gasteiger partial charge on any atom is 0.421 e. The van der Waals surface area contributed by atoms with Crippen LogP contribution in [0.25, 0.3) is 0 Å². The highest BCUT2D eigenvalue weighted by atomic mass is 19.4. The number of halogens is 3. The third-order valence-corrected chi connectivity index (χ3v) is 4.33. The van der Waals surface area contributed by atoms with Crippen LogP contribution in [-0.4, -0.2) is 44.7 Å². The van der Waals surface area contributed by atoms with Crippen LogP contribution < -0.4 is 4.74 Å². The molecule has 24 heavy (non-hydrogen) atoms. The molecule has 1 aliphatic rings. The van der Waals surface area contributed by atoms with Gasteiger partial charge in [-0.25, -0.2) is 4.99 Å². The Kier molecular flexibility index (Phi) is 5.42. The largest absolute Gasteiger partial charge is 0.496 e. The molecule has 1 saturated heterocycles. The highest BCUT2D eigenvalue weighted by Crippen LogP contribution is 2.52. The first-order valence-corrected chi connectivity index (χ1v) is 7.89. The van der Waals surface area contributed by atoms with Crippen molar-refractivity contribution in [3.8, 4) is 5.75 Å². The molecule has 0 bridgehead atoms. The smallest absolute Gasteiger partial charge is 0.421 e. The van der Waals surface area contributed by atoms with Gasteiger partial charge in [0.15, 0.2) is 5.60 Å². The molecule has 4 nitrogen and oxygen atoms in total. The number of aryl methyl sites for hydroxylation is 1. The van der Waals surface area contributed by atoms with E-state index in [0.29, 0.717) is 17.7 Å². The van der Waals surface area contributed by atoms with E-state index in [1.807, 2.05) is 18.9 Å². The third kappa shape index (κ3) is 3.36. The number of ether oxygens (including phenoxy) is 2. The third-order valence-electron chi connectivity index (χ3n) is 4.33. The minimum absolute atomic E-state index is 0.0234. The molecular formula is C17H23F3N2O2. The SMILES string of the molecule is CCN(C)C=Nc1cc(OC)c(C2(C(F)(F)F)CCCO2)cc1C. The lowest BCUT2D eigenvalue weighted by Crippen LogP contribution is -2.42. The predicted molar refractivity (Wildman–Crippen MR) is 87.1 cm³/mol. The topological polar surface area (TPSA) is 34.1 Å². The van der Waals surface area contributed by atoms with Crippen LogP contribution in [0, 0.1) is 6.92 Å². The van der Waals surface area contributed by atoms with Crippen LogP contribution in [0.4, 0.5) is 18.9 Å². The van der Waals surface area contributed by atoms with E-state index in [1.165, 1.54) is 13.2 Å². The number of hydrogen-bond donors (Lipinski definition) is 0. The number of methoxy groups -OCH3 is 1. The van der Waals surface area contributed by atoms with E-state index in [0.717, 1.165) is 6.54 Å². The number of aliphatic imine (C=N–C) groups is 1. The average Bonchev–Trinajstić information content (AvgIpc) is 3.03. The molecule has 0 N–H and O–H groups in total. The van der Waals surface area contributed by atoms with Crippen molar-refractivity contribution in [1.29, 1.82) is 0 Å². The van der Waals surface area contributed by atoms with Gasteiger partial charge in [-0.1, -0.05) is 0 Å². The van der Waals surface area contributed by atoms with Crippen molar-refractivity contribution in [2.75, 3.05) is 27.3 Å². The second kappa shape index (κ2) is 7.01. The molecule has 1 atom stereocenters. The van der Waals surface area contributed by atoms with E-state index < -0.39 is 11.8 Å². The Morgan fingerprint density at radius 2 is 2.12 bits per heavy atom. The van der Waals surface area contributed by atoms with Gasteiger partial charge in [0.1, 0.15) is 5.75 Å². The maximum atomic E-state index is 13.7. The molecule has 0 spiro atoms. The average molecular weight is 344 g/mol. The van der Waals surface area contributed by atoms with Gasteiger partial charge in [-0.3, -0.25) is 0 Å². The van der Waals surface area contributed by atoms with E-state index in [9.17, 15) is 13.2 Å². The Bertz CT molecular complexity index is 609. The van der Waals surface area contributed by atoms with Gasteiger partial charge in [0, 0.05) is 31.8 Å². The lowest BCUT2D eigenvalue weighted by molar-refractivity contribution is -0.269. The van der Waals surface area contributed by atoms with Gasteiger partial charge in [0.2, 0.25) is 0 Å². The summed E-state index contributed by atoms with van der Waals surface area (Å²) in [5, 5.41) is 0. The fraction of sp³-hybridized carbons (Fsp3) is 0.588. The van der Waals surface area contributed by atoms with Crippen LogP contribution in [0.3, 0.4) is 0 Å². The van der Waals surface area contributed by atoms with Gasteiger partial charge < -0.3 is 14.4 Å². The molecule has 0 aromatic heterocycles. The number of nitrogens with zero attached hydrogens (tertiary/aromatic N) is 2. The summed E-state index contributed by atoms with van der Waals surface area (Å²) in [7, 11) is 3.23. The Balaban J connectivity index is 2.52. The quantitative estimate of drug-likeness (QED) is 0.593. The molecule has 0 aliphatic carbocycles. The lowest BCUT2D eigenvalue weighted by Gasteiger charge is -2.32. The van der Waals surface area contributed by atoms with Crippen LogP contribution in [0.2, 0.25) is 0 Å². The fourth-order valence-corrected chi connectivity index (χ4v) is 2.77. The summed E-state index contributed by atoms with van der Waals surface area (Å²) in [4.78, 5) is 6.21. The van der Waals surface area contributed by atoms with Crippen molar-refractivity contribution in [2.24, 2.45) is 4.99 Å².